The molecule has 0 saturated carbocycles. The first-order chi connectivity index (χ1) is 9.05. The van der Waals surface area contributed by atoms with E-state index in [0.29, 0.717) is 0 Å². The first-order valence-corrected chi connectivity index (χ1v) is 5.07. The summed E-state index contributed by atoms with van der Waals surface area (Å²) in [4.78, 5) is 20.7. The van der Waals surface area contributed by atoms with Gasteiger partial charge in [-0.2, -0.15) is 26.3 Å². The summed E-state index contributed by atoms with van der Waals surface area (Å²) in [5.41, 5.74) is 0. The van der Waals surface area contributed by atoms with Gasteiger partial charge in [-0.05, 0) is 0 Å². The Labute approximate surface area is 109 Å². The highest BCUT2D eigenvalue weighted by Crippen LogP contribution is 2.16. The average molecular weight is 304 g/mol. The molecule has 114 valence electrons. The molecule has 0 atom stereocenters. The lowest BCUT2D eigenvalue weighted by atomic mass is 10.4. The third kappa shape index (κ3) is 8.16. The van der Waals surface area contributed by atoms with Gasteiger partial charge in [0, 0.05) is 37.6 Å². The summed E-state index contributed by atoms with van der Waals surface area (Å²) >= 11 is 0. The molecule has 0 aliphatic carbocycles. The SMILES string of the molecule is O=C(C=CNCCNC=CC(=O)C(F)(F)F)C(F)(F)F. The van der Waals surface area contributed by atoms with Gasteiger partial charge in [0.2, 0.25) is 0 Å². The third-order valence-electron chi connectivity index (χ3n) is 1.68. The number of nitrogens with one attached hydrogen (secondary N) is 2. The molecule has 0 radical (unpaired) electrons. The second-order valence-corrected chi connectivity index (χ2v) is 3.30. The van der Waals surface area contributed by atoms with Gasteiger partial charge in [0.1, 0.15) is 0 Å². The van der Waals surface area contributed by atoms with Crippen molar-refractivity contribution in [1.82, 2.24) is 10.6 Å². The number of hydrogen-bond acceptors (Lipinski definition) is 4. The maximum absolute atomic E-state index is 11.7. The number of carbonyl (C=O) groups is 2. The van der Waals surface area contributed by atoms with E-state index in [4.69, 9.17) is 0 Å². The monoisotopic (exact) mass is 304 g/mol. The summed E-state index contributed by atoms with van der Waals surface area (Å²) in [6, 6.07) is 0. The fourth-order valence-corrected chi connectivity index (χ4v) is 0.769. The van der Waals surface area contributed by atoms with Crippen molar-refractivity contribution >= 4 is 11.6 Å². The van der Waals surface area contributed by atoms with E-state index in [-0.39, 0.29) is 25.2 Å². The van der Waals surface area contributed by atoms with Gasteiger partial charge in [0.25, 0.3) is 11.6 Å². The van der Waals surface area contributed by atoms with Crippen molar-refractivity contribution in [3.05, 3.63) is 24.6 Å². The highest BCUT2D eigenvalue weighted by atomic mass is 19.4. The van der Waals surface area contributed by atoms with Crippen LogP contribution in [0, 0.1) is 0 Å². The van der Waals surface area contributed by atoms with Crippen LogP contribution in [0.25, 0.3) is 0 Å². The number of hydrogen-bond donors (Lipinski definition) is 2. The summed E-state index contributed by atoms with van der Waals surface area (Å²) in [6.07, 6.45) is -7.80. The van der Waals surface area contributed by atoms with E-state index >= 15 is 0 Å². The Kier molecular flexibility index (Phi) is 6.80. The Balaban J connectivity index is 3.80. The van der Waals surface area contributed by atoms with Crippen molar-refractivity contribution in [3.63, 3.8) is 0 Å². The van der Waals surface area contributed by atoms with Crippen molar-refractivity contribution in [1.29, 1.82) is 0 Å². The number of ketones is 2. The van der Waals surface area contributed by atoms with Gasteiger partial charge in [-0.15, -0.1) is 0 Å². The minimum Gasteiger partial charge on any atom is -0.389 e. The quantitative estimate of drug-likeness (QED) is 0.425. The molecule has 0 aromatic heterocycles. The summed E-state index contributed by atoms with van der Waals surface area (Å²) in [7, 11) is 0. The fourth-order valence-electron chi connectivity index (χ4n) is 0.769. The molecule has 20 heavy (non-hydrogen) atoms. The highest BCUT2D eigenvalue weighted by Gasteiger charge is 2.36. The summed E-state index contributed by atoms with van der Waals surface area (Å²) in [5.74, 6) is -4.07. The zero-order valence-electron chi connectivity index (χ0n) is 9.81. The van der Waals surface area contributed by atoms with Crippen LogP contribution in [0.4, 0.5) is 26.3 Å². The Bertz CT molecular complexity index is 360. The molecule has 0 aromatic rings. The molecule has 0 bridgehead atoms. The molecular weight excluding hydrogens is 294 g/mol. The van der Waals surface area contributed by atoms with E-state index in [1.807, 2.05) is 0 Å². The molecule has 10 heteroatoms. The second kappa shape index (κ2) is 7.56. The normalized spacial score (nSPS) is 12.9. The van der Waals surface area contributed by atoms with E-state index in [1.165, 1.54) is 0 Å². The molecular formula is C10H10F6N2O2. The molecule has 0 heterocycles. The van der Waals surface area contributed by atoms with Crippen molar-refractivity contribution in [2.75, 3.05) is 13.1 Å². The maximum atomic E-state index is 11.7. The van der Waals surface area contributed by atoms with E-state index in [9.17, 15) is 35.9 Å². The largest absolute Gasteiger partial charge is 0.454 e. The zero-order chi connectivity index (χ0) is 15.8. The number of halogens is 6. The molecule has 0 rings (SSSR count). The van der Waals surface area contributed by atoms with Crippen LogP contribution >= 0.6 is 0 Å². The van der Waals surface area contributed by atoms with Crippen LogP contribution in [-0.4, -0.2) is 37.0 Å². The van der Waals surface area contributed by atoms with E-state index in [0.717, 1.165) is 12.4 Å². The lowest BCUT2D eigenvalue weighted by molar-refractivity contribution is -0.165. The van der Waals surface area contributed by atoms with Crippen LogP contribution in [0.3, 0.4) is 0 Å². The van der Waals surface area contributed by atoms with Gasteiger partial charge in [0.15, 0.2) is 0 Å². The summed E-state index contributed by atoms with van der Waals surface area (Å²) in [5, 5.41) is 4.60. The molecule has 0 saturated heterocycles. The van der Waals surface area contributed by atoms with Crippen LogP contribution in [0.15, 0.2) is 24.6 Å². The maximum Gasteiger partial charge on any atom is 0.454 e. The lowest BCUT2D eigenvalue weighted by Gasteiger charge is -2.03. The van der Waals surface area contributed by atoms with Crippen molar-refractivity contribution in [2.24, 2.45) is 0 Å². The van der Waals surface area contributed by atoms with Crippen LogP contribution in [0.5, 0.6) is 0 Å². The first-order valence-electron chi connectivity index (χ1n) is 5.07. The van der Waals surface area contributed by atoms with Gasteiger partial charge >= 0.3 is 12.4 Å². The van der Waals surface area contributed by atoms with E-state index < -0.39 is 23.9 Å². The second-order valence-electron chi connectivity index (χ2n) is 3.30. The molecule has 0 amide bonds. The predicted molar refractivity (Wildman–Crippen MR) is 56.4 cm³/mol. The Morgan fingerprint density at radius 3 is 1.30 bits per heavy atom. The first kappa shape index (κ1) is 18.0. The van der Waals surface area contributed by atoms with Gasteiger partial charge in [-0.3, -0.25) is 9.59 Å². The van der Waals surface area contributed by atoms with Crippen LogP contribution < -0.4 is 10.6 Å². The summed E-state index contributed by atoms with van der Waals surface area (Å²) < 4.78 is 70.3. The average Bonchev–Trinajstić information content (AvgIpc) is 2.29. The van der Waals surface area contributed by atoms with Crippen molar-refractivity contribution in [2.45, 2.75) is 12.4 Å². The van der Waals surface area contributed by atoms with E-state index in [2.05, 4.69) is 10.6 Å². The van der Waals surface area contributed by atoms with Crippen LogP contribution in [0.2, 0.25) is 0 Å². The molecule has 0 aromatic carbocycles. The molecule has 0 spiro atoms. The molecule has 0 aliphatic rings. The van der Waals surface area contributed by atoms with Crippen molar-refractivity contribution in [3.8, 4) is 0 Å². The predicted octanol–water partition coefficient (Wildman–Crippen LogP) is 1.46. The molecule has 0 fully saturated rings. The van der Waals surface area contributed by atoms with Crippen molar-refractivity contribution < 1.29 is 35.9 Å². The topological polar surface area (TPSA) is 58.2 Å². The lowest BCUT2D eigenvalue weighted by Crippen LogP contribution is -2.24. The molecule has 0 unspecified atom stereocenters. The number of alkyl halides is 6. The molecule has 0 aliphatic heterocycles. The fraction of sp³-hybridized carbons (Fsp3) is 0.400. The van der Waals surface area contributed by atoms with E-state index in [1.54, 1.807) is 0 Å². The Morgan fingerprint density at radius 1 is 0.750 bits per heavy atom. The van der Waals surface area contributed by atoms with Gasteiger partial charge in [0.05, 0.1) is 0 Å². The Hall–Kier alpha value is -2.00. The minimum atomic E-state index is -4.95. The standard InChI is InChI=1S/C10H10F6N2O2/c11-9(12,13)7(19)1-3-17-5-6-18-4-2-8(20)10(14,15)16/h1-4,17-18H,5-6H2. The van der Waals surface area contributed by atoms with Gasteiger partial charge in [-0.25, -0.2) is 0 Å². The zero-order valence-corrected chi connectivity index (χ0v) is 9.81. The van der Waals surface area contributed by atoms with Crippen LogP contribution in [0.1, 0.15) is 0 Å². The summed E-state index contributed by atoms with van der Waals surface area (Å²) in [6.45, 7) is 0.0678. The molecule has 4 nitrogen and oxygen atoms in total. The highest BCUT2D eigenvalue weighted by molar-refractivity contribution is 5.94. The number of carbonyl (C=O) groups excluding carboxylic acids is 2. The minimum absolute atomic E-state index is 0.0339. The molecule has 2 N–H and O–H groups in total. The van der Waals surface area contributed by atoms with Gasteiger partial charge < -0.3 is 10.6 Å². The smallest absolute Gasteiger partial charge is 0.389 e. The number of allylic oxidation sites excluding steroid dienone is 2. The van der Waals surface area contributed by atoms with Gasteiger partial charge in [-0.1, -0.05) is 0 Å². The third-order valence-corrected chi connectivity index (χ3v) is 1.68. The van der Waals surface area contributed by atoms with Crippen LogP contribution in [-0.2, 0) is 9.59 Å². The number of rotatable bonds is 7. The Morgan fingerprint density at radius 2 is 1.05 bits per heavy atom.